The van der Waals surface area contributed by atoms with Crippen LogP contribution in [0.4, 0.5) is 23.2 Å². The first kappa shape index (κ1) is 28.3. The van der Waals surface area contributed by atoms with Crippen molar-refractivity contribution in [2.45, 2.75) is 63.1 Å². The predicted octanol–water partition coefficient (Wildman–Crippen LogP) is 3.62. The molecule has 0 radical (unpaired) electrons. The number of halogens is 4. The molecule has 3 atom stereocenters. The van der Waals surface area contributed by atoms with Gasteiger partial charge < -0.3 is 21.1 Å². The fraction of sp³-hybridized carbons (Fsp3) is 0.462. The van der Waals surface area contributed by atoms with Crippen LogP contribution in [0.1, 0.15) is 49.0 Å². The van der Waals surface area contributed by atoms with Crippen molar-refractivity contribution in [2.24, 2.45) is 0 Å². The van der Waals surface area contributed by atoms with Crippen LogP contribution in [0.3, 0.4) is 0 Å². The molecule has 3 aromatic heterocycles. The molecule has 0 spiro atoms. The molecular weight excluding hydrogens is 518 g/mol. The molecule has 1 amide bonds. The van der Waals surface area contributed by atoms with Gasteiger partial charge in [-0.2, -0.15) is 18.4 Å². The zero-order valence-corrected chi connectivity index (χ0v) is 21.4. The fourth-order valence-electron chi connectivity index (χ4n) is 4.45. The molecule has 0 aliphatic heterocycles. The van der Waals surface area contributed by atoms with Crippen molar-refractivity contribution in [1.82, 2.24) is 25.2 Å². The highest BCUT2D eigenvalue weighted by Crippen LogP contribution is 2.28. The Bertz CT molecular complexity index is 1380. The van der Waals surface area contributed by atoms with E-state index in [9.17, 15) is 27.5 Å². The van der Waals surface area contributed by atoms with Crippen molar-refractivity contribution in [3.05, 3.63) is 47.9 Å². The summed E-state index contributed by atoms with van der Waals surface area (Å²) in [7, 11) is 0. The normalized spacial score (nSPS) is 18.6. The van der Waals surface area contributed by atoms with Gasteiger partial charge in [-0.15, -0.1) is 0 Å². The van der Waals surface area contributed by atoms with Gasteiger partial charge in [-0.3, -0.25) is 9.36 Å². The van der Waals surface area contributed by atoms with Crippen LogP contribution in [-0.2, 0) is 0 Å². The zero-order valence-electron chi connectivity index (χ0n) is 21.4. The van der Waals surface area contributed by atoms with Gasteiger partial charge in [0.1, 0.15) is 23.7 Å². The number of alkyl halides is 4. The number of carbonyl (C=O) groups is 1. The monoisotopic (exact) mass is 547 g/mol. The zero-order chi connectivity index (χ0) is 28.4. The van der Waals surface area contributed by atoms with Crippen LogP contribution in [0.15, 0.2) is 36.8 Å². The molecule has 4 N–H and O–H groups in total. The van der Waals surface area contributed by atoms with Gasteiger partial charge >= 0.3 is 6.18 Å². The van der Waals surface area contributed by atoms with Crippen LogP contribution in [-0.4, -0.2) is 68.7 Å². The number of nitrogens with one attached hydrogen (secondary N) is 3. The number of aliphatic hydroxyl groups is 1. The third kappa shape index (κ3) is 7.01. The van der Waals surface area contributed by atoms with E-state index in [4.69, 9.17) is 5.26 Å². The minimum Gasteiger partial charge on any atom is -0.387 e. The lowest BCUT2D eigenvalue weighted by molar-refractivity contribution is -0.126. The summed E-state index contributed by atoms with van der Waals surface area (Å²) in [4.78, 5) is 21.7. The molecule has 9 nitrogen and oxygen atoms in total. The summed E-state index contributed by atoms with van der Waals surface area (Å²) in [5, 5.41) is 27.9. The Labute approximate surface area is 222 Å². The number of hydrogen-bond acceptors (Lipinski definition) is 7. The van der Waals surface area contributed by atoms with E-state index in [1.54, 1.807) is 29.0 Å². The second-order valence-electron chi connectivity index (χ2n) is 10.2. The number of aromatic nitrogens is 3. The first-order valence-corrected chi connectivity index (χ1v) is 12.4. The number of nitrogens with zero attached hydrogens (tertiary/aromatic N) is 4. The summed E-state index contributed by atoms with van der Waals surface area (Å²) in [5.74, 6) is -0.215. The SMILES string of the molecule is CC(C)(O)C(F)CNC(=O)c1cnc(-n2ccc3cc(C#N)cnc32)cc1NC1CCC(NCC(F)(F)F)C1. The summed E-state index contributed by atoms with van der Waals surface area (Å²) in [6.07, 6.45) is -0.0395. The van der Waals surface area contributed by atoms with Crippen LogP contribution in [0.5, 0.6) is 0 Å². The van der Waals surface area contributed by atoms with Gasteiger partial charge in [0.05, 0.1) is 35.5 Å². The minimum atomic E-state index is -4.31. The van der Waals surface area contributed by atoms with E-state index in [1.807, 2.05) is 6.07 Å². The van der Waals surface area contributed by atoms with Gasteiger partial charge in [-0.25, -0.2) is 14.4 Å². The summed E-state index contributed by atoms with van der Waals surface area (Å²) in [6, 6.07) is 6.54. The van der Waals surface area contributed by atoms with Crippen LogP contribution in [0, 0.1) is 11.3 Å². The molecule has 3 aromatic rings. The second kappa shape index (κ2) is 11.2. The highest BCUT2D eigenvalue weighted by molar-refractivity contribution is 5.99. The maximum absolute atomic E-state index is 14.3. The van der Waals surface area contributed by atoms with E-state index in [0.29, 0.717) is 47.4 Å². The number of anilines is 1. The van der Waals surface area contributed by atoms with Gasteiger partial charge in [0.25, 0.3) is 5.91 Å². The molecule has 3 unspecified atom stereocenters. The molecule has 0 saturated heterocycles. The maximum Gasteiger partial charge on any atom is 0.401 e. The number of rotatable bonds is 9. The van der Waals surface area contributed by atoms with Crippen molar-refractivity contribution in [2.75, 3.05) is 18.4 Å². The topological polar surface area (TPSA) is 128 Å². The Morgan fingerprint density at radius 3 is 2.67 bits per heavy atom. The average Bonchev–Trinajstić information content (AvgIpc) is 3.51. The average molecular weight is 548 g/mol. The second-order valence-corrected chi connectivity index (χ2v) is 10.2. The molecule has 1 saturated carbocycles. The molecule has 4 rings (SSSR count). The van der Waals surface area contributed by atoms with Crippen LogP contribution in [0.2, 0.25) is 0 Å². The largest absolute Gasteiger partial charge is 0.401 e. The minimum absolute atomic E-state index is 0.115. The van der Waals surface area contributed by atoms with E-state index in [-0.39, 0.29) is 17.6 Å². The van der Waals surface area contributed by atoms with Crippen molar-refractivity contribution in [3.8, 4) is 11.9 Å². The van der Waals surface area contributed by atoms with Crippen molar-refractivity contribution < 1.29 is 27.5 Å². The standard InChI is InChI=1S/C26H29F4N7O2/c1-25(2,39)21(27)13-34-24(38)19-12-32-22(37-6-5-16-7-15(10-31)11-33-23(16)37)9-20(19)36-18-4-3-17(8-18)35-14-26(28,29)30/h5-7,9,11-12,17-18,21,35,39H,3-4,8,13-14H2,1-2H3,(H,32,36)(H,34,38). The van der Waals surface area contributed by atoms with Gasteiger partial charge in [0.2, 0.25) is 0 Å². The Balaban J connectivity index is 1.60. The van der Waals surface area contributed by atoms with Gasteiger partial charge in [0, 0.05) is 42.1 Å². The Hall–Kier alpha value is -3.76. The van der Waals surface area contributed by atoms with Crippen LogP contribution < -0.4 is 16.0 Å². The highest BCUT2D eigenvalue weighted by Gasteiger charge is 2.32. The van der Waals surface area contributed by atoms with Crippen molar-refractivity contribution >= 4 is 22.6 Å². The molecule has 3 heterocycles. The summed E-state index contributed by atoms with van der Waals surface area (Å²) in [6.45, 7) is 1.09. The maximum atomic E-state index is 14.3. The summed E-state index contributed by atoms with van der Waals surface area (Å²) in [5.41, 5.74) is -0.230. The molecule has 208 valence electrons. The number of pyridine rings is 2. The molecule has 0 aromatic carbocycles. The predicted molar refractivity (Wildman–Crippen MR) is 136 cm³/mol. The third-order valence-electron chi connectivity index (χ3n) is 6.63. The Kier molecular flexibility index (Phi) is 8.08. The molecule has 1 aliphatic rings. The number of hydrogen-bond donors (Lipinski definition) is 4. The number of amides is 1. The van der Waals surface area contributed by atoms with E-state index < -0.39 is 36.9 Å². The lowest BCUT2D eigenvalue weighted by atomic mass is 10.0. The number of nitriles is 1. The Morgan fingerprint density at radius 2 is 1.97 bits per heavy atom. The van der Waals surface area contributed by atoms with E-state index in [0.717, 1.165) is 0 Å². The van der Waals surface area contributed by atoms with E-state index in [2.05, 4.69) is 25.9 Å². The fourth-order valence-corrected chi connectivity index (χ4v) is 4.45. The summed E-state index contributed by atoms with van der Waals surface area (Å²) < 4.78 is 53.8. The van der Waals surface area contributed by atoms with Crippen molar-refractivity contribution in [1.29, 1.82) is 5.26 Å². The molecule has 39 heavy (non-hydrogen) atoms. The highest BCUT2D eigenvalue weighted by atomic mass is 19.4. The molecule has 0 bridgehead atoms. The van der Waals surface area contributed by atoms with E-state index in [1.165, 1.54) is 26.2 Å². The summed E-state index contributed by atoms with van der Waals surface area (Å²) >= 11 is 0. The van der Waals surface area contributed by atoms with Crippen LogP contribution >= 0.6 is 0 Å². The first-order valence-electron chi connectivity index (χ1n) is 12.4. The smallest absolute Gasteiger partial charge is 0.387 e. The molecular formula is C26H29F4N7O2. The quantitative estimate of drug-likeness (QED) is 0.301. The van der Waals surface area contributed by atoms with Crippen molar-refractivity contribution in [3.63, 3.8) is 0 Å². The Morgan fingerprint density at radius 1 is 1.23 bits per heavy atom. The lowest BCUT2D eigenvalue weighted by Crippen LogP contribution is -2.42. The van der Waals surface area contributed by atoms with Gasteiger partial charge in [0.15, 0.2) is 0 Å². The van der Waals surface area contributed by atoms with Gasteiger partial charge in [-0.1, -0.05) is 0 Å². The van der Waals surface area contributed by atoms with Gasteiger partial charge in [-0.05, 0) is 45.2 Å². The lowest BCUT2D eigenvalue weighted by Gasteiger charge is -2.23. The molecule has 1 fully saturated rings. The molecule has 1 aliphatic carbocycles. The number of fused-ring (bicyclic) bond motifs is 1. The first-order chi connectivity index (χ1) is 18.3. The number of carbonyl (C=O) groups excluding carboxylic acids is 1. The molecule has 13 heteroatoms. The van der Waals surface area contributed by atoms with Crippen LogP contribution in [0.25, 0.3) is 16.9 Å². The van der Waals surface area contributed by atoms with E-state index >= 15 is 0 Å². The third-order valence-corrected chi connectivity index (χ3v) is 6.63.